The zero-order valence-corrected chi connectivity index (χ0v) is 14.1. The summed E-state index contributed by atoms with van der Waals surface area (Å²) < 4.78 is 5.41. The summed E-state index contributed by atoms with van der Waals surface area (Å²) in [5.74, 6) is 1.26. The molecule has 0 bridgehead atoms. The zero-order valence-electron chi connectivity index (χ0n) is 14.1. The molecule has 1 aliphatic rings. The number of hydrogen-bond donors (Lipinski definition) is 1. The van der Waals surface area contributed by atoms with Gasteiger partial charge in [-0.05, 0) is 44.5 Å². The molecule has 6 nitrogen and oxygen atoms in total. The molecule has 24 heavy (non-hydrogen) atoms. The highest BCUT2D eigenvalue weighted by atomic mass is 16.5. The Bertz CT molecular complexity index is 654. The predicted molar refractivity (Wildman–Crippen MR) is 91.8 cm³/mol. The van der Waals surface area contributed by atoms with E-state index in [1.807, 2.05) is 30.3 Å². The van der Waals surface area contributed by atoms with E-state index in [4.69, 9.17) is 4.52 Å². The van der Waals surface area contributed by atoms with Crippen molar-refractivity contribution in [3.8, 4) is 0 Å². The number of nitrogens with zero attached hydrogens (tertiary/aromatic N) is 3. The Labute approximate surface area is 142 Å². The van der Waals surface area contributed by atoms with Crippen LogP contribution in [0, 0.1) is 0 Å². The van der Waals surface area contributed by atoms with Crippen LogP contribution < -0.4 is 5.32 Å². The van der Waals surface area contributed by atoms with Crippen LogP contribution in [0.1, 0.15) is 43.8 Å². The fourth-order valence-corrected chi connectivity index (χ4v) is 3.15. The van der Waals surface area contributed by atoms with E-state index in [-0.39, 0.29) is 18.2 Å². The fraction of sp³-hybridized carbons (Fsp3) is 0.500. The first-order valence-corrected chi connectivity index (χ1v) is 8.64. The lowest BCUT2D eigenvalue weighted by Crippen LogP contribution is -2.35. The van der Waals surface area contributed by atoms with Crippen molar-refractivity contribution in [2.75, 3.05) is 25.0 Å². The Morgan fingerprint density at radius 3 is 3.00 bits per heavy atom. The van der Waals surface area contributed by atoms with Crippen LogP contribution in [-0.2, 0) is 11.2 Å². The number of rotatable bonds is 6. The first-order chi connectivity index (χ1) is 11.7. The number of likely N-dealkylation sites (tertiary alicyclic amines) is 1. The van der Waals surface area contributed by atoms with Gasteiger partial charge in [0.25, 0.3) is 0 Å². The van der Waals surface area contributed by atoms with E-state index in [1.54, 1.807) is 0 Å². The average Bonchev–Trinajstić information content (AvgIpc) is 3.05. The summed E-state index contributed by atoms with van der Waals surface area (Å²) in [7, 11) is 0. The molecule has 1 unspecified atom stereocenters. The second kappa shape index (κ2) is 8.06. The lowest BCUT2D eigenvalue weighted by Gasteiger charge is -2.30. The van der Waals surface area contributed by atoms with E-state index in [2.05, 4.69) is 27.3 Å². The minimum Gasteiger partial charge on any atom is -0.339 e. The monoisotopic (exact) mass is 328 g/mol. The van der Waals surface area contributed by atoms with Gasteiger partial charge in [0.1, 0.15) is 0 Å². The van der Waals surface area contributed by atoms with E-state index in [0.717, 1.165) is 44.6 Å². The number of carbonyl (C=O) groups is 1. The standard InChI is InChI=1S/C18H24N4O2/c1-2-10-22-11-6-7-14(13-22)18-20-16(21-24-18)12-17(23)19-15-8-4-3-5-9-15/h3-5,8-9,14H,2,6-7,10-13H2,1H3,(H,19,23). The van der Waals surface area contributed by atoms with Crippen molar-refractivity contribution in [3.63, 3.8) is 0 Å². The van der Waals surface area contributed by atoms with Gasteiger partial charge in [-0.15, -0.1) is 0 Å². The van der Waals surface area contributed by atoms with Crippen molar-refractivity contribution in [2.45, 2.75) is 38.5 Å². The predicted octanol–water partition coefficient (Wildman–Crippen LogP) is 2.84. The second-order valence-corrected chi connectivity index (χ2v) is 6.28. The maximum absolute atomic E-state index is 12.1. The molecule has 2 heterocycles. The molecular formula is C18H24N4O2. The molecule has 6 heteroatoms. The van der Waals surface area contributed by atoms with Gasteiger partial charge in [0.05, 0.1) is 12.3 Å². The highest BCUT2D eigenvalue weighted by molar-refractivity contribution is 5.91. The van der Waals surface area contributed by atoms with Crippen molar-refractivity contribution >= 4 is 11.6 Å². The summed E-state index contributed by atoms with van der Waals surface area (Å²) in [6.45, 7) is 5.41. The summed E-state index contributed by atoms with van der Waals surface area (Å²) >= 11 is 0. The molecule has 128 valence electrons. The van der Waals surface area contributed by atoms with Crippen molar-refractivity contribution < 1.29 is 9.32 Å². The van der Waals surface area contributed by atoms with Crippen molar-refractivity contribution in [2.24, 2.45) is 0 Å². The van der Waals surface area contributed by atoms with Gasteiger partial charge < -0.3 is 14.7 Å². The molecule has 0 aliphatic carbocycles. The number of carbonyl (C=O) groups excluding carboxylic acids is 1. The SMILES string of the molecule is CCCN1CCCC(c2nc(CC(=O)Nc3ccccc3)no2)C1. The third kappa shape index (κ3) is 4.41. The zero-order chi connectivity index (χ0) is 16.8. The fourth-order valence-electron chi connectivity index (χ4n) is 3.15. The number of anilines is 1. The van der Waals surface area contributed by atoms with Crippen molar-refractivity contribution in [1.29, 1.82) is 0 Å². The molecule has 3 rings (SSSR count). The lowest BCUT2D eigenvalue weighted by atomic mass is 9.98. The van der Waals surface area contributed by atoms with E-state index in [9.17, 15) is 4.79 Å². The van der Waals surface area contributed by atoms with Crippen LogP contribution in [0.5, 0.6) is 0 Å². The second-order valence-electron chi connectivity index (χ2n) is 6.28. The number of amides is 1. The third-order valence-electron chi connectivity index (χ3n) is 4.25. The highest BCUT2D eigenvalue weighted by Crippen LogP contribution is 2.25. The Morgan fingerprint density at radius 1 is 1.38 bits per heavy atom. The topological polar surface area (TPSA) is 71.3 Å². The smallest absolute Gasteiger partial charge is 0.232 e. The summed E-state index contributed by atoms with van der Waals surface area (Å²) in [5, 5.41) is 6.81. The minimum atomic E-state index is -0.134. The molecule has 1 saturated heterocycles. The maximum atomic E-state index is 12.1. The Hall–Kier alpha value is -2.21. The normalized spacial score (nSPS) is 18.5. The van der Waals surface area contributed by atoms with E-state index in [1.165, 1.54) is 0 Å². The van der Waals surface area contributed by atoms with Crippen molar-refractivity contribution in [1.82, 2.24) is 15.0 Å². The van der Waals surface area contributed by atoms with E-state index in [0.29, 0.717) is 11.7 Å². The largest absolute Gasteiger partial charge is 0.339 e. The molecule has 1 aliphatic heterocycles. The van der Waals surface area contributed by atoms with Gasteiger partial charge in [-0.1, -0.05) is 30.3 Å². The summed E-state index contributed by atoms with van der Waals surface area (Å²) in [6, 6.07) is 9.38. The summed E-state index contributed by atoms with van der Waals surface area (Å²) in [5.41, 5.74) is 0.772. The Morgan fingerprint density at radius 2 is 2.21 bits per heavy atom. The lowest BCUT2D eigenvalue weighted by molar-refractivity contribution is -0.115. The van der Waals surface area contributed by atoms with E-state index >= 15 is 0 Å². The average molecular weight is 328 g/mol. The first kappa shape index (κ1) is 16.6. The number of para-hydroxylation sites is 1. The molecule has 0 saturated carbocycles. The maximum Gasteiger partial charge on any atom is 0.232 e. The van der Waals surface area contributed by atoms with Crippen LogP contribution in [0.4, 0.5) is 5.69 Å². The van der Waals surface area contributed by atoms with Crippen LogP contribution in [0.2, 0.25) is 0 Å². The van der Waals surface area contributed by atoms with E-state index < -0.39 is 0 Å². The molecule has 1 amide bonds. The van der Waals surface area contributed by atoms with Gasteiger partial charge in [-0.2, -0.15) is 4.98 Å². The quantitative estimate of drug-likeness (QED) is 0.883. The number of benzene rings is 1. The first-order valence-electron chi connectivity index (χ1n) is 8.64. The Balaban J connectivity index is 1.56. The number of aromatic nitrogens is 2. The summed E-state index contributed by atoms with van der Waals surface area (Å²) in [6.07, 6.45) is 3.50. The number of hydrogen-bond acceptors (Lipinski definition) is 5. The molecule has 1 fully saturated rings. The molecule has 0 spiro atoms. The summed E-state index contributed by atoms with van der Waals surface area (Å²) in [4.78, 5) is 19.0. The Kier molecular flexibility index (Phi) is 5.59. The third-order valence-corrected chi connectivity index (χ3v) is 4.25. The molecule has 1 atom stereocenters. The van der Waals surface area contributed by atoms with Crippen LogP contribution >= 0.6 is 0 Å². The molecular weight excluding hydrogens is 304 g/mol. The van der Waals surface area contributed by atoms with Gasteiger partial charge in [-0.3, -0.25) is 4.79 Å². The molecule has 1 aromatic heterocycles. The van der Waals surface area contributed by atoms with Gasteiger partial charge >= 0.3 is 0 Å². The van der Waals surface area contributed by atoms with Gasteiger partial charge in [-0.25, -0.2) is 0 Å². The van der Waals surface area contributed by atoms with Crippen LogP contribution in [0.3, 0.4) is 0 Å². The van der Waals surface area contributed by atoms with Gasteiger partial charge in [0.2, 0.25) is 11.8 Å². The number of nitrogens with one attached hydrogen (secondary N) is 1. The van der Waals surface area contributed by atoms with Gasteiger partial charge in [0, 0.05) is 12.2 Å². The highest BCUT2D eigenvalue weighted by Gasteiger charge is 2.25. The molecule has 1 aromatic carbocycles. The van der Waals surface area contributed by atoms with Crippen LogP contribution in [-0.4, -0.2) is 40.6 Å². The minimum absolute atomic E-state index is 0.129. The molecule has 0 radical (unpaired) electrons. The molecule has 2 aromatic rings. The number of piperidine rings is 1. The molecule has 1 N–H and O–H groups in total. The van der Waals surface area contributed by atoms with Crippen molar-refractivity contribution in [3.05, 3.63) is 42.0 Å². The van der Waals surface area contributed by atoms with Gasteiger partial charge in [0.15, 0.2) is 5.82 Å². The van der Waals surface area contributed by atoms with Crippen LogP contribution in [0.15, 0.2) is 34.9 Å². The van der Waals surface area contributed by atoms with Crippen LogP contribution in [0.25, 0.3) is 0 Å².